The van der Waals surface area contributed by atoms with E-state index < -0.39 is 0 Å². The summed E-state index contributed by atoms with van der Waals surface area (Å²) in [5.41, 5.74) is 0. The molecule has 2 saturated heterocycles. The third-order valence-corrected chi connectivity index (χ3v) is 4.19. The normalized spacial score (nSPS) is 28.4. The van der Waals surface area contributed by atoms with Crippen LogP contribution in [-0.4, -0.2) is 61.0 Å². The van der Waals surface area contributed by atoms with Crippen molar-refractivity contribution < 1.29 is 4.79 Å². The van der Waals surface area contributed by atoms with E-state index in [9.17, 15) is 4.79 Å². The number of carbonyl (C=O) groups excluding carboxylic acids is 1. The monoisotopic (exact) mass is 239 g/mol. The molecule has 2 aliphatic rings. The van der Waals surface area contributed by atoms with Gasteiger partial charge in [-0.25, -0.2) is 0 Å². The van der Waals surface area contributed by atoms with Crippen molar-refractivity contribution >= 4 is 5.91 Å². The molecule has 2 atom stereocenters. The number of nitrogens with one attached hydrogen (secondary N) is 1. The molecule has 2 aliphatic heterocycles. The standard InChI is InChI=1S/C13H25N3O/c1-11(14-2)13(17)16-9-6-12(10-16)15-7-4-3-5-8-15/h11-12,14H,3-10H2,1-2H3. The Morgan fingerprint density at radius 2 is 1.94 bits per heavy atom. The molecule has 0 aliphatic carbocycles. The number of carbonyl (C=O) groups is 1. The molecule has 98 valence electrons. The van der Waals surface area contributed by atoms with Gasteiger partial charge in [0.15, 0.2) is 0 Å². The van der Waals surface area contributed by atoms with E-state index in [-0.39, 0.29) is 11.9 Å². The van der Waals surface area contributed by atoms with E-state index in [2.05, 4.69) is 10.2 Å². The molecule has 0 aromatic rings. The van der Waals surface area contributed by atoms with Gasteiger partial charge in [0.25, 0.3) is 0 Å². The van der Waals surface area contributed by atoms with Crippen molar-refractivity contribution in [3.63, 3.8) is 0 Å². The van der Waals surface area contributed by atoms with Gasteiger partial charge in [-0.3, -0.25) is 9.69 Å². The first kappa shape index (κ1) is 12.8. The summed E-state index contributed by atoms with van der Waals surface area (Å²) in [6, 6.07) is 0.568. The van der Waals surface area contributed by atoms with E-state index in [0.717, 1.165) is 19.5 Å². The number of piperidine rings is 1. The zero-order valence-electron chi connectivity index (χ0n) is 11.1. The largest absolute Gasteiger partial charge is 0.340 e. The van der Waals surface area contributed by atoms with Crippen LogP contribution in [0.25, 0.3) is 0 Å². The Kier molecular flexibility index (Phi) is 4.40. The Labute approximate surface area is 104 Å². The summed E-state index contributed by atoms with van der Waals surface area (Å²) < 4.78 is 0. The van der Waals surface area contributed by atoms with Crippen LogP contribution in [0.3, 0.4) is 0 Å². The molecule has 0 aromatic carbocycles. The van der Waals surface area contributed by atoms with Crippen molar-refractivity contribution in [2.24, 2.45) is 0 Å². The zero-order chi connectivity index (χ0) is 12.3. The van der Waals surface area contributed by atoms with Crippen molar-refractivity contribution in [1.82, 2.24) is 15.1 Å². The van der Waals surface area contributed by atoms with Gasteiger partial charge in [0.05, 0.1) is 6.04 Å². The molecule has 2 fully saturated rings. The first-order valence-electron chi connectivity index (χ1n) is 6.92. The predicted octanol–water partition coefficient (Wildman–Crippen LogP) is 0.681. The van der Waals surface area contributed by atoms with Gasteiger partial charge < -0.3 is 10.2 Å². The maximum atomic E-state index is 12.0. The van der Waals surface area contributed by atoms with Gasteiger partial charge in [0.1, 0.15) is 0 Å². The number of rotatable bonds is 3. The molecule has 1 N–H and O–H groups in total. The van der Waals surface area contributed by atoms with Gasteiger partial charge in [-0.2, -0.15) is 0 Å². The van der Waals surface area contributed by atoms with Crippen LogP contribution >= 0.6 is 0 Å². The molecule has 0 bridgehead atoms. The lowest BCUT2D eigenvalue weighted by Gasteiger charge is -2.32. The van der Waals surface area contributed by atoms with E-state index in [1.165, 1.54) is 32.4 Å². The highest BCUT2D eigenvalue weighted by Gasteiger charge is 2.32. The Bertz CT molecular complexity index is 263. The Morgan fingerprint density at radius 1 is 1.24 bits per heavy atom. The van der Waals surface area contributed by atoms with E-state index in [1.807, 2.05) is 18.9 Å². The lowest BCUT2D eigenvalue weighted by atomic mass is 10.1. The maximum absolute atomic E-state index is 12.0. The number of likely N-dealkylation sites (N-methyl/N-ethyl adjacent to an activating group) is 1. The molecule has 0 aromatic heterocycles. The Hall–Kier alpha value is -0.610. The highest BCUT2D eigenvalue weighted by atomic mass is 16.2. The fraction of sp³-hybridized carbons (Fsp3) is 0.923. The van der Waals surface area contributed by atoms with Gasteiger partial charge in [-0.1, -0.05) is 6.42 Å². The van der Waals surface area contributed by atoms with Crippen molar-refractivity contribution in [2.75, 3.05) is 33.2 Å². The molecule has 2 unspecified atom stereocenters. The van der Waals surface area contributed by atoms with Crippen molar-refractivity contribution in [3.05, 3.63) is 0 Å². The number of nitrogens with zero attached hydrogens (tertiary/aromatic N) is 2. The summed E-state index contributed by atoms with van der Waals surface area (Å²) in [6.07, 6.45) is 5.19. The van der Waals surface area contributed by atoms with Crippen molar-refractivity contribution in [1.29, 1.82) is 0 Å². The number of likely N-dealkylation sites (tertiary alicyclic amines) is 2. The second kappa shape index (κ2) is 5.83. The van der Waals surface area contributed by atoms with Gasteiger partial charge in [-0.15, -0.1) is 0 Å². The van der Waals surface area contributed by atoms with Gasteiger partial charge >= 0.3 is 0 Å². The highest BCUT2D eigenvalue weighted by Crippen LogP contribution is 2.20. The lowest BCUT2D eigenvalue weighted by molar-refractivity contribution is -0.132. The van der Waals surface area contributed by atoms with E-state index in [4.69, 9.17) is 0 Å². The molecule has 0 radical (unpaired) electrons. The summed E-state index contributed by atoms with van der Waals surface area (Å²) in [7, 11) is 1.85. The van der Waals surface area contributed by atoms with Crippen LogP contribution < -0.4 is 5.32 Å². The van der Waals surface area contributed by atoms with E-state index in [1.54, 1.807) is 0 Å². The molecular weight excluding hydrogens is 214 g/mol. The van der Waals surface area contributed by atoms with Crippen LogP contribution in [0.4, 0.5) is 0 Å². The number of amides is 1. The molecule has 2 heterocycles. The summed E-state index contributed by atoms with van der Waals surface area (Å²) in [5, 5.41) is 3.03. The summed E-state index contributed by atoms with van der Waals surface area (Å²) in [6.45, 7) is 6.27. The van der Waals surface area contributed by atoms with E-state index in [0.29, 0.717) is 6.04 Å². The first-order valence-corrected chi connectivity index (χ1v) is 6.92. The van der Waals surface area contributed by atoms with Gasteiger partial charge in [0, 0.05) is 19.1 Å². The lowest BCUT2D eigenvalue weighted by Crippen LogP contribution is -2.45. The van der Waals surface area contributed by atoms with Crippen LogP contribution in [-0.2, 0) is 4.79 Å². The SMILES string of the molecule is CNC(C)C(=O)N1CCC(N2CCCCC2)C1. The second-order valence-corrected chi connectivity index (χ2v) is 5.33. The second-order valence-electron chi connectivity index (χ2n) is 5.33. The van der Waals surface area contributed by atoms with Gasteiger partial charge in [0.2, 0.25) is 5.91 Å². The van der Waals surface area contributed by atoms with Crippen LogP contribution in [0.1, 0.15) is 32.6 Å². The average molecular weight is 239 g/mol. The van der Waals surface area contributed by atoms with Crippen LogP contribution in [0, 0.1) is 0 Å². The minimum Gasteiger partial charge on any atom is -0.340 e. The van der Waals surface area contributed by atoms with E-state index >= 15 is 0 Å². The molecular formula is C13H25N3O. The smallest absolute Gasteiger partial charge is 0.239 e. The minimum atomic E-state index is -0.0462. The molecule has 4 nitrogen and oxygen atoms in total. The molecule has 0 spiro atoms. The third kappa shape index (κ3) is 2.99. The summed E-state index contributed by atoms with van der Waals surface area (Å²) >= 11 is 0. The van der Waals surface area contributed by atoms with Crippen LogP contribution in [0.5, 0.6) is 0 Å². The number of hydrogen-bond acceptors (Lipinski definition) is 3. The molecule has 0 saturated carbocycles. The first-order chi connectivity index (χ1) is 8.22. The molecule has 1 amide bonds. The summed E-state index contributed by atoms with van der Waals surface area (Å²) in [4.78, 5) is 16.7. The Balaban J connectivity index is 1.84. The number of hydrogen-bond donors (Lipinski definition) is 1. The van der Waals surface area contributed by atoms with Crippen LogP contribution in [0.2, 0.25) is 0 Å². The summed E-state index contributed by atoms with van der Waals surface area (Å²) in [5.74, 6) is 0.256. The van der Waals surface area contributed by atoms with Crippen molar-refractivity contribution in [2.45, 2.75) is 44.7 Å². The average Bonchev–Trinajstić information content (AvgIpc) is 2.87. The zero-order valence-corrected chi connectivity index (χ0v) is 11.1. The molecule has 17 heavy (non-hydrogen) atoms. The molecule has 4 heteroatoms. The quantitative estimate of drug-likeness (QED) is 0.787. The fourth-order valence-corrected chi connectivity index (χ4v) is 2.92. The third-order valence-electron chi connectivity index (χ3n) is 4.19. The Morgan fingerprint density at radius 3 is 2.59 bits per heavy atom. The van der Waals surface area contributed by atoms with Crippen molar-refractivity contribution in [3.8, 4) is 0 Å². The maximum Gasteiger partial charge on any atom is 0.239 e. The fourth-order valence-electron chi connectivity index (χ4n) is 2.92. The van der Waals surface area contributed by atoms with Gasteiger partial charge in [-0.05, 0) is 46.3 Å². The topological polar surface area (TPSA) is 35.6 Å². The highest BCUT2D eigenvalue weighted by molar-refractivity contribution is 5.81. The predicted molar refractivity (Wildman–Crippen MR) is 68.9 cm³/mol. The van der Waals surface area contributed by atoms with Crippen LogP contribution in [0.15, 0.2) is 0 Å². The molecule has 2 rings (SSSR count). The minimum absolute atomic E-state index is 0.0462.